The zero-order valence-electron chi connectivity index (χ0n) is 43.7. The summed E-state index contributed by atoms with van der Waals surface area (Å²) < 4.78 is 0. The molecule has 2 heterocycles. The van der Waals surface area contributed by atoms with Crippen LogP contribution < -0.4 is 9.80 Å². The Morgan fingerprint density at radius 2 is 0.653 bits per heavy atom. The Kier molecular flexibility index (Phi) is 8.87. The number of hydrogen-bond acceptors (Lipinski definition) is 2. The van der Waals surface area contributed by atoms with Gasteiger partial charge in [0.2, 0.25) is 0 Å². The largest absolute Gasteiger partial charge is 0.334 e. The van der Waals surface area contributed by atoms with E-state index in [1.807, 2.05) is 0 Å². The Morgan fingerprint density at radius 1 is 0.293 bits per heavy atom. The smallest absolute Gasteiger partial charge is 0.0725 e. The van der Waals surface area contributed by atoms with Crippen LogP contribution in [0.4, 0.5) is 22.7 Å². The molecule has 2 fully saturated rings. The minimum absolute atomic E-state index is 0.000255. The maximum absolute atomic E-state index is 2.75. The minimum Gasteiger partial charge on any atom is -0.334 e. The van der Waals surface area contributed by atoms with Crippen molar-refractivity contribution in [2.24, 2.45) is 0 Å². The van der Waals surface area contributed by atoms with Gasteiger partial charge in [0.25, 0.3) is 0 Å². The highest BCUT2D eigenvalue weighted by molar-refractivity contribution is 6.01. The van der Waals surface area contributed by atoms with Gasteiger partial charge in [0.15, 0.2) is 0 Å². The highest BCUT2D eigenvalue weighted by atomic mass is 15.3. The van der Waals surface area contributed by atoms with Gasteiger partial charge in [-0.3, -0.25) is 0 Å². The average Bonchev–Trinajstić information content (AvgIpc) is 4.06. The lowest BCUT2D eigenvalue weighted by molar-refractivity contribution is 0.195. The molecule has 10 aromatic carbocycles. The second-order valence-electron chi connectivity index (χ2n) is 24.1. The summed E-state index contributed by atoms with van der Waals surface area (Å²) in [5.41, 5.74) is 23.9. The average molecular weight is 967 g/mol. The van der Waals surface area contributed by atoms with Gasteiger partial charge in [0.05, 0.1) is 16.5 Å². The zero-order valence-corrected chi connectivity index (χ0v) is 43.7. The van der Waals surface area contributed by atoms with Gasteiger partial charge in [-0.1, -0.05) is 197 Å². The number of rotatable bonds is 4. The number of benzene rings is 10. The van der Waals surface area contributed by atoms with E-state index in [0.717, 1.165) is 0 Å². The van der Waals surface area contributed by atoms with E-state index in [4.69, 9.17) is 0 Å². The fraction of sp³-hybridized carbons (Fsp3) is 0.233. The molecule has 2 heteroatoms. The van der Waals surface area contributed by atoms with E-state index < -0.39 is 5.41 Å². The topological polar surface area (TPSA) is 6.48 Å². The van der Waals surface area contributed by atoms with Crippen molar-refractivity contribution in [3.8, 4) is 44.5 Å². The SMILES string of the molecule is CC12CCCCC1(C)N(c1cccc3ccccc13)c1ccc(-c3ccc4c(c3)C3(c5ccccc5-c5ccccc53)c3cc(-c5ccc6c(c5)C5(C)CCCCC5(C)N6c5cccc6ccccc56)ccc3-4)cc12. The Balaban J connectivity index is 0.865. The molecule has 16 rings (SSSR count). The van der Waals surface area contributed by atoms with E-state index >= 15 is 0 Å². The third-order valence-corrected chi connectivity index (χ3v) is 21.0. The summed E-state index contributed by atoms with van der Waals surface area (Å²) in [6, 6.07) is 80.2. The van der Waals surface area contributed by atoms with Gasteiger partial charge in [-0.15, -0.1) is 0 Å². The number of fused-ring (bicyclic) bond motifs is 18. The van der Waals surface area contributed by atoms with Crippen LogP contribution in [0.25, 0.3) is 66.1 Å². The van der Waals surface area contributed by atoms with Crippen LogP contribution >= 0.6 is 0 Å². The van der Waals surface area contributed by atoms with Gasteiger partial charge in [0, 0.05) is 44.4 Å². The second kappa shape index (κ2) is 15.2. The van der Waals surface area contributed by atoms with Crippen LogP contribution in [0.2, 0.25) is 0 Å². The summed E-state index contributed by atoms with van der Waals surface area (Å²) in [6.07, 6.45) is 9.73. The lowest BCUT2D eigenvalue weighted by Gasteiger charge is -2.50. The zero-order chi connectivity index (χ0) is 50.1. The fourth-order valence-corrected chi connectivity index (χ4v) is 16.9. The Labute approximate surface area is 442 Å². The molecule has 0 radical (unpaired) electrons. The van der Waals surface area contributed by atoms with Crippen LogP contribution in [0.3, 0.4) is 0 Å². The van der Waals surface area contributed by atoms with E-state index in [1.165, 1.54) is 174 Å². The molecule has 75 heavy (non-hydrogen) atoms. The van der Waals surface area contributed by atoms with E-state index in [9.17, 15) is 0 Å². The molecule has 4 unspecified atom stereocenters. The molecule has 2 saturated carbocycles. The van der Waals surface area contributed by atoms with Gasteiger partial charge in [0.1, 0.15) is 0 Å². The molecule has 0 saturated heterocycles. The van der Waals surface area contributed by atoms with Crippen molar-refractivity contribution >= 4 is 44.3 Å². The van der Waals surface area contributed by atoms with Gasteiger partial charge >= 0.3 is 0 Å². The van der Waals surface area contributed by atoms with Crippen molar-refractivity contribution in [2.45, 2.75) is 106 Å². The molecule has 0 N–H and O–H groups in total. The molecule has 2 nitrogen and oxygen atoms in total. The fourth-order valence-electron chi connectivity index (χ4n) is 16.9. The number of anilines is 4. The molecule has 0 aromatic heterocycles. The van der Waals surface area contributed by atoms with Gasteiger partial charge in [-0.2, -0.15) is 0 Å². The van der Waals surface area contributed by atoms with Crippen molar-refractivity contribution in [2.75, 3.05) is 9.80 Å². The maximum Gasteiger partial charge on any atom is 0.0725 e. The Bertz CT molecular complexity index is 3810. The predicted octanol–water partition coefficient (Wildman–Crippen LogP) is 19.2. The highest BCUT2D eigenvalue weighted by Gasteiger charge is 2.60. The summed E-state index contributed by atoms with van der Waals surface area (Å²) in [4.78, 5) is 5.50. The van der Waals surface area contributed by atoms with Crippen molar-refractivity contribution in [1.29, 1.82) is 0 Å². The molecule has 0 amide bonds. The summed E-state index contributed by atoms with van der Waals surface area (Å²) in [5, 5.41) is 5.26. The van der Waals surface area contributed by atoms with E-state index in [2.05, 4.69) is 244 Å². The molecule has 2 aliphatic heterocycles. The van der Waals surface area contributed by atoms with E-state index in [0.29, 0.717) is 0 Å². The first-order valence-corrected chi connectivity index (χ1v) is 28.0. The van der Waals surface area contributed by atoms with E-state index in [1.54, 1.807) is 0 Å². The molecule has 0 bridgehead atoms. The summed E-state index contributed by atoms with van der Waals surface area (Å²) in [7, 11) is 0. The summed E-state index contributed by atoms with van der Waals surface area (Å²) in [6.45, 7) is 10.3. The molecule has 6 aliphatic rings. The van der Waals surface area contributed by atoms with Crippen LogP contribution in [0.5, 0.6) is 0 Å². The lowest BCUT2D eigenvalue weighted by Crippen LogP contribution is -2.54. The van der Waals surface area contributed by atoms with Gasteiger partial charge in [-0.25, -0.2) is 0 Å². The van der Waals surface area contributed by atoms with Gasteiger partial charge in [-0.05, 0) is 177 Å². The lowest BCUT2D eigenvalue weighted by atomic mass is 9.61. The molecule has 364 valence electrons. The first kappa shape index (κ1) is 43.7. The van der Waals surface area contributed by atoms with Crippen LogP contribution in [-0.2, 0) is 16.2 Å². The molecule has 10 aromatic rings. The van der Waals surface area contributed by atoms with Crippen molar-refractivity contribution in [3.63, 3.8) is 0 Å². The number of hydrogen-bond donors (Lipinski definition) is 0. The third-order valence-electron chi connectivity index (χ3n) is 21.0. The van der Waals surface area contributed by atoms with Crippen molar-refractivity contribution < 1.29 is 0 Å². The quantitative estimate of drug-likeness (QED) is 0.173. The first-order valence-electron chi connectivity index (χ1n) is 28.0. The van der Waals surface area contributed by atoms with E-state index in [-0.39, 0.29) is 21.9 Å². The normalized spacial score (nSPS) is 24.1. The van der Waals surface area contributed by atoms with Crippen molar-refractivity contribution in [1.82, 2.24) is 0 Å². The minimum atomic E-state index is -0.477. The standard InChI is InChI=1S/C73H62N2/c1-69-39-13-15-41-71(69,3)74(65-29-17-21-47-19-5-7-23-53(47)65)67-37-33-51(45-63(67)69)49-31-35-57-58-36-32-50(44-62(58)73(61(57)43-49)59-27-11-9-25-55(59)56-26-10-12-28-60(56)73)52-34-38-68-64(46-52)70(2)40-14-16-42-72(70,4)75(68)66-30-18-22-48-20-6-8-24-54(48)66/h5-12,17-38,43-46H,13-16,39-42H2,1-4H3. The summed E-state index contributed by atoms with van der Waals surface area (Å²) in [5.74, 6) is 0. The molecule has 4 atom stereocenters. The third kappa shape index (κ3) is 5.45. The second-order valence-corrected chi connectivity index (χ2v) is 24.1. The summed E-state index contributed by atoms with van der Waals surface area (Å²) >= 11 is 0. The van der Waals surface area contributed by atoms with Crippen LogP contribution in [0.1, 0.15) is 112 Å². The Hall–Kier alpha value is -7.68. The number of nitrogens with zero attached hydrogens (tertiary/aromatic N) is 2. The monoisotopic (exact) mass is 966 g/mol. The Morgan fingerprint density at radius 3 is 1.12 bits per heavy atom. The van der Waals surface area contributed by atoms with Crippen molar-refractivity contribution in [3.05, 3.63) is 240 Å². The molecule has 1 spiro atoms. The highest BCUT2D eigenvalue weighted by Crippen LogP contribution is 2.66. The van der Waals surface area contributed by atoms with Gasteiger partial charge < -0.3 is 9.80 Å². The van der Waals surface area contributed by atoms with Crippen LogP contribution in [-0.4, -0.2) is 11.1 Å². The molecule has 4 aliphatic carbocycles. The predicted molar refractivity (Wildman–Crippen MR) is 314 cm³/mol. The molecular weight excluding hydrogens is 905 g/mol. The van der Waals surface area contributed by atoms with Crippen LogP contribution in [0, 0.1) is 0 Å². The first-order chi connectivity index (χ1) is 36.7. The maximum atomic E-state index is 2.75. The van der Waals surface area contributed by atoms with Crippen LogP contribution in [0.15, 0.2) is 206 Å². The molecular formula is C73H62N2.